The zero-order chi connectivity index (χ0) is 9.26. The van der Waals surface area contributed by atoms with E-state index in [0.29, 0.717) is 0 Å². The Kier molecular flexibility index (Phi) is 2.34. The Morgan fingerprint density at radius 3 is 2.85 bits per heavy atom. The molecule has 69 valence electrons. The molecule has 1 radical (unpaired) electrons. The fourth-order valence-electron chi connectivity index (χ4n) is 1.87. The topological polar surface area (TPSA) is 29.1 Å². The molecule has 0 saturated heterocycles. The monoisotopic (exact) mass is 177 g/mol. The van der Waals surface area contributed by atoms with E-state index in [2.05, 4.69) is 6.07 Å². The van der Waals surface area contributed by atoms with E-state index in [1.165, 1.54) is 24.7 Å². The first-order valence-electron chi connectivity index (χ1n) is 4.61. The van der Waals surface area contributed by atoms with Crippen LogP contribution in [0, 0.1) is 0 Å². The van der Waals surface area contributed by atoms with Crippen LogP contribution in [0.5, 0.6) is 0 Å². The van der Waals surface area contributed by atoms with Crippen LogP contribution in [0.1, 0.15) is 29.4 Å². The molecule has 0 bridgehead atoms. The van der Waals surface area contributed by atoms with E-state index in [9.17, 15) is 5.11 Å². The largest absolute Gasteiger partial charge is 0.349 e. The second kappa shape index (κ2) is 3.48. The van der Waals surface area contributed by atoms with E-state index >= 15 is 0 Å². The van der Waals surface area contributed by atoms with Crippen molar-refractivity contribution in [3.8, 4) is 0 Å². The van der Waals surface area contributed by atoms with Crippen LogP contribution in [0.15, 0.2) is 18.2 Å². The Balaban J connectivity index is 2.30. The van der Waals surface area contributed by atoms with E-state index < -0.39 is 6.29 Å². The number of fused-ring (bicyclic) bond motifs is 1. The van der Waals surface area contributed by atoms with Crippen molar-refractivity contribution in [1.29, 1.82) is 0 Å². The lowest BCUT2D eigenvalue weighted by atomic mass is 10.1. The Morgan fingerprint density at radius 2 is 2.08 bits per heavy atom. The number of hydrogen-bond donors (Lipinski definition) is 0. The van der Waals surface area contributed by atoms with Crippen LogP contribution in [0.25, 0.3) is 0 Å². The van der Waals surface area contributed by atoms with Gasteiger partial charge in [0.1, 0.15) is 0 Å². The van der Waals surface area contributed by atoms with Gasteiger partial charge in [0.25, 0.3) is 0 Å². The minimum atomic E-state index is -1.02. The summed E-state index contributed by atoms with van der Waals surface area (Å²) in [7, 11) is 1.45. The number of hydrogen-bond acceptors (Lipinski definition) is 1. The van der Waals surface area contributed by atoms with E-state index in [4.69, 9.17) is 4.74 Å². The molecule has 2 rings (SSSR count). The van der Waals surface area contributed by atoms with Crippen molar-refractivity contribution in [2.45, 2.75) is 25.6 Å². The third kappa shape index (κ3) is 1.60. The molecule has 0 saturated carbocycles. The van der Waals surface area contributed by atoms with Crippen molar-refractivity contribution in [3.05, 3.63) is 34.9 Å². The highest BCUT2D eigenvalue weighted by molar-refractivity contribution is 5.35. The molecule has 1 aromatic carbocycles. The quantitative estimate of drug-likeness (QED) is 0.637. The number of aryl methyl sites for hydroxylation is 2. The lowest BCUT2D eigenvalue weighted by Gasteiger charge is -2.08. The second-order valence-electron chi connectivity index (χ2n) is 3.45. The molecule has 0 N–H and O–H groups in total. The minimum Gasteiger partial charge on any atom is -0.349 e. The van der Waals surface area contributed by atoms with Crippen LogP contribution in [0.2, 0.25) is 0 Å². The highest BCUT2D eigenvalue weighted by Crippen LogP contribution is 2.25. The molecular weight excluding hydrogens is 164 g/mol. The van der Waals surface area contributed by atoms with Gasteiger partial charge in [-0.15, -0.1) is 0 Å². The average Bonchev–Trinajstić information content (AvgIpc) is 2.63. The number of benzene rings is 1. The van der Waals surface area contributed by atoms with Gasteiger partial charge in [0.05, 0.1) is 0 Å². The van der Waals surface area contributed by atoms with E-state index in [1.807, 2.05) is 12.1 Å². The van der Waals surface area contributed by atoms with Gasteiger partial charge in [-0.05, 0) is 30.4 Å². The van der Waals surface area contributed by atoms with Crippen LogP contribution in [0.3, 0.4) is 0 Å². The maximum Gasteiger partial charge on any atom is 0.217 e. The lowest BCUT2D eigenvalue weighted by Crippen LogP contribution is -1.98. The third-order valence-corrected chi connectivity index (χ3v) is 2.61. The van der Waals surface area contributed by atoms with Crippen molar-refractivity contribution in [3.63, 3.8) is 0 Å². The van der Waals surface area contributed by atoms with Crippen LogP contribution >= 0.6 is 0 Å². The predicted molar refractivity (Wildman–Crippen MR) is 48.9 cm³/mol. The van der Waals surface area contributed by atoms with Crippen LogP contribution in [-0.2, 0) is 22.7 Å². The summed E-state index contributed by atoms with van der Waals surface area (Å²) < 4.78 is 4.74. The van der Waals surface area contributed by atoms with Crippen LogP contribution < -0.4 is 0 Å². The Labute approximate surface area is 78.2 Å². The summed E-state index contributed by atoms with van der Waals surface area (Å²) in [5, 5.41) is 11.3. The Morgan fingerprint density at radius 1 is 1.31 bits per heavy atom. The van der Waals surface area contributed by atoms with Gasteiger partial charge in [0.2, 0.25) is 6.29 Å². The molecule has 1 aromatic rings. The SMILES string of the molecule is COC([O])c1ccc2c(c1)CCC2. The molecule has 13 heavy (non-hydrogen) atoms. The smallest absolute Gasteiger partial charge is 0.217 e. The molecule has 1 atom stereocenters. The number of methoxy groups -OCH3 is 1. The molecule has 1 aliphatic carbocycles. The molecule has 0 spiro atoms. The summed E-state index contributed by atoms with van der Waals surface area (Å²) in [6, 6.07) is 5.93. The Hall–Kier alpha value is -0.860. The molecule has 0 amide bonds. The van der Waals surface area contributed by atoms with Crippen molar-refractivity contribution in [1.82, 2.24) is 0 Å². The van der Waals surface area contributed by atoms with Gasteiger partial charge in [0.15, 0.2) is 0 Å². The second-order valence-corrected chi connectivity index (χ2v) is 3.45. The molecule has 0 aromatic heterocycles. The van der Waals surface area contributed by atoms with Gasteiger partial charge in [-0.25, -0.2) is 0 Å². The first kappa shape index (κ1) is 8.73. The molecule has 0 heterocycles. The zero-order valence-corrected chi connectivity index (χ0v) is 7.75. The predicted octanol–water partition coefficient (Wildman–Crippen LogP) is 2.25. The normalized spacial score (nSPS) is 17.1. The number of ether oxygens (including phenoxy) is 1. The van der Waals surface area contributed by atoms with Crippen molar-refractivity contribution in [2.24, 2.45) is 0 Å². The van der Waals surface area contributed by atoms with Crippen molar-refractivity contribution in [2.75, 3.05) is 7.11 Å². The first-order chi connectivity index (χ1) is 6.31. The van der Waals surface area contributed by atoms with Gasteiger partial charge in [-0.1, -0.05) is 18.2 Å². The summed E-state index contributed by atoms with van der Waals surface area (Å²) in [6.07, 6.45) is 2.46. The number of rotatable bonds is 2. The first-order valence-corrected chi connectivity index (χ1v) is 4.61. The molecule has 1 aliphatic rings. The van der Waals surface area contributed by atoms with Crippen LogP contribution in [0.4, 0.5) is 0 Å². The van der Waals surface area contributed by atoms with Gasteiger partial charge in [-0.2, -0.15) is 5.11 Å². The molecule has 1 unspecified atom stereocenters. The summed E-state index contributed by atoms with van der Waals surface area (Å²) >= 11 is 0. The van der Waals surface area contributed by atoms with Crippen LogP contribution in [-0.4, -0.2) is 7.11 Å². The molecule has 2 heteroatoms. The van der Waals surface area contributed by atoms with Gasteiger partial charge in [0, 0.05) is 12.7 Å². The molecule has 2 nitrogen and oxygen atoms in total. The van der Waals surface area contributed by atoms with E-state index in [1.54, 1.807) is 0 Å². The fourth-order valence-corrected chi connectivity index (χ4v) is 1.87. The van der Waals surface area contributed by atoms with Gasteiger partial charge in [-0.3, -0.25) is 0 Å². The van der Waals surface area contributed by atoms with E-state index in [0.717, 1.165) is 18.4 Å². The molecule has 0 aliphatic heterocycles. The lowest BCUT2D eigenvalue weighted by molar-refractivity contribution is -0.123. The summed E-state index contributed by atoms with van der Waals surface area (Å²) in [4.78, 5) is 0. The third-order valence-electron chi connectivity index (χ3n) is 2.61. The molecular formula is C11H13O2. The fraction of sp³-hybridized carbons (Fsp3) is 0.455. The maximum absolute atomic E-state index is 11.3. The maximum atomic E-state index is 11.3. The minimum absolute atomic E-state index is 0.753. The highest BCUT2D eigenvalue weighted by atomic mass is 16.6. The van der Waals surface area contributed by atoms with Crippen molar-refractivity contribution >= 4 is 0 Å². The van der Waals surface area contributed by atoms with E-state index in [-0.39, 0.29) is 0 Å². The average molecular weight is 177 g/mol. The Bertz CT molecular complexity index is 307. The highest BCUT2D eigenvalue weighted by Gasteiger charge is 2.14. The zero-order valence-electron chi connectivity index (χ0n) is 7.75. The standard InChI is InChI=1S/C11H13O2/c1-13-11(12)10-6-5-8-3-2-4-9(8)7-10/h5-7,11H,2-4H2,1H3. The summed E-state index contributed by atoms with van der Waals surface area (Å²) in [5.74, 6) is 0. The van der Waals surface area contributed by atoms with Gasteiger partial charge < -0.3 is 4.74 Å². The van der Waals surface area contributed by atoms with Gasteiger partial charge >= 0.3 is 0 Å². The summed E-state index contributed by atoms with van der Waals surface area (Å²) in [6.45, 7) is 0. The summed E-state index contributed by atoms with van der Waals surface area (Å²) in [5.41, 5.74) is 3.48. The van der Waals surface area contributed by atoms with Crippen molar-refractivity contribution < 1.29 is 9.84 Å². The molecule has 0 fully saturated rings.